The summed E-state index contributed by atoms with van der Waals surface area (Å²) in [6, 6.07) is -0.851. The van der Waals surface area contributed by atoms with Crippen LogP contribution in [0.1, 0.15) is 5.69 Å². The van der Waals surface area contributed by atoms with Gasteiger partial charge >= 0.3 is 35.5 Å². The summed E-state index contributed by atoms with van der Waals surface area (Å²) < 4.78 is 0. The molecule has 0 aliphatic rings. The average molecular weight is 195 g/mol. The molecule has 0 spiro atoms. The summed E-state index contributed by atoms with van der Waals surface area (Å²) in [7, 11) is 0. The van der Waals surface area contributed by atoms with E-state index in [0.29, 0.717) is 0 Å². The predicted octanol–water partition coefficient (Wildman–Crippen LogP) is -3.81. The van der Waals surface area contributed by atoms with Crippen molar-refractivity contribution in [3.63, 3.8) is 0 Å². The number of hydrogen-bond donors (Lipinski definition) is 3. The van der Waals surface area contributed by atoms with Gasteiger partial charge in [0.1, 0.15) is 6.04 Å². The van der Waals surface area contributed by atoms with Gasteiger partial charge in [0, 0.05) is 18.3 Å². The second kappa shape index (κ2) is 7.05. The van der Waals surface area contributed by atoms with Gasteiger partial charge in [0.05, 0.1) is 6.33 Å². The van der Waals surface area contributed by atoms with Crippen LogP contribution < -0.4 is 35.3 Å². The van der Waals surface area contributed by atoms with Gasteiger partial charge in [0.15, 0.2) is 0 Å². The number of rotatable bonds is 3. The molecule has 0 aromatic carbocycles. The van der Waals surface area contributed by atoms with Gasteiger partial charge in [0.2, 0.25) is 0 Å². The summed E-state index contributed by atoms with van der Waals surface area (Å²) in [6.07, 6.45) is 3.34. The minimum atomic E-state index is -1.00. The Labute approximate surface area is 97.1 Å². The molecule has 68 valence electrons. The fraction of sp³-hybridized carbons (Fsp3) is 0.333. The maximum absolute atomic E-state index is 10.3. The Bertz CT molecular complexity index is 239. The van der Waals surface area contributed by atoms with Crippen molar-refractivity contribution in [2.75, 3.05) is 0 Å². The number of hydrogen-bond acceptors (Lipinski definition) is 4. The van der Waals surface area contributed by atoms with Gasteiger partial charge in [-0.15, -0.1) is 0 Å². The first-order valence-corrected chi connectivity index (χ1v) is 3.16. The van der Waals surface area contributed by atoms with E-state index in [-0.39, 0.29) is 41.5 Å². The molecular weight excluding hydrogens is 185 g/mol. The van der Waals surface area contributed by atoms with Crippen molar-refractivity contribution >= 4 is 5.97 Å². The van der Waals surface area contributed by atoms with Crippen LogP contribution in [0.2, 0.25) is 0 Å². The van der Waals surface area contributed by atoms with E-state index in [0.717, 1.165) is 5.69 Å². The Balaban J connectivity index is 0. The summed E-state index contributed by atoms with van der Waals surface area (Å²) in [5, 5.41) is 8.42. The first-order chi connectivity index (χ1) is 5.20. The molecule has 0 amide bonds. The maximum atomic E-state index is 10.3. The third-order valence-electron chi connectivity index (χ3n) is 1.31. The number of aliphatic carboxylic acids is 1. The van der Waals surface area contributed by atoms with Crippen molar-refractivity contribution in [3.05, 3.63) is 18.2 Å². The normalized spacial score (nSPS) is 10.8. The molecule has 1 heterocycles. The Morgan fingerprint density at radius 3 is 2.77 bits per heavy atom. The topological polar surface area (TPSA) is 122 Å². The van der Waals surface area contributed by atoms with Crippen molar-refractivity contribution in [1.29, 1.82) is 0 Å². The maximum Gasteiger partial charge on any atom is 1.00 e. The van der Waals surface area contributed by atoms with Crippen LogP contribution in [0.4, 0.5) is 0 Å². The molecule has 0 fully saturated rings. The molecule has 0 aliphatic heterocycles. The largest absolute Gasteiger partial charge is 1.00 e. The number of imidazole rings is 1. The van der Waals surface area contributed by atoms with Crippen LogP contribution in [0.3, 0.4) is 0 Å². The molecule has 0 saturated heterocycles. The Morgan fingerprint density at radius 2 is 2.38 bits per heavy atom. The third kappa shape index (κ3) is 5.02. The Kier molecular flexibility index (Phi) is 8.18. The molecule has 0 saturated carbocycles. The summed E-state index contributed by atoms with van der Waals surface area (Å²) >= 11 is 0. The smallest absolute Gasteiger partial charge is 0.870 e. The molecule has 5 N–H and O–H groups in total. The first kappa shape index (κ1) is 15.1. The number of aromatic amines is 1. The zero-order valence-corrected chi connectivity index (χ0v) is 9.27. The molecular formula is C6H10N3NaO3. The second-order valence-electron chi connectivity index (χ2n) is 2.23. The van der Waals surface area contributed by atoms with E-state index in [4.69, 9.17) is 10.8 Å². The van der Waals surface area contributed by atoms with Crippen molar-refractivity contribution < 1.29 is 44.9 Å². The molecule has 7 heteroatoms. The van der Waals surface area contributed by atoms with Gasteiger partial charge in [-0.2, -0.15) is 0 Å². The van der Waals surface area contributed by atoms with E-state index in [9.17, 15) is 4.79 Å². The molecule has 0 radical (unpaired) electrons. The number of nitrogens with two attached hydrogens (primary N) is 1. The van der Waals surface area contributed by atoms with Crippen molar-refractivity contribution in [2.45, 2.75) is 12.5 Å². The molecule has 1 aromatic heterocycles. The van der Waals surface area contributed by atoms with E-state index in [1.807, 2.05) is 0 Å². The molecule has 1 rings (SSSR count). The number of nitrogens with one attached hydrogen (secondary N) is 1. The number of carboxylic acids is 1. The fourth-order valence-corrected chi connectivity index (χ4v) is 0.721. The Morgan fingerprint density at radius 1 is 1.77 bits per heavy atom. The van der Waals surface area contributed by atoms with Gasteiger partial charge in [-0.3, -0.25) is 4.79 Å². The van der Waals surface area contributed by atoms with E-state index < -0.39 is 12.0 Å². The van der Waals surface area contributed by atoms with Gasteiger partial charge in [-0.25, -0.2) is 4.98 Å². The summed E-state index contributed by atoms with van der Waals surface area (Å²) in [5.41, 5.74) is 6.00. The first-order valence-electron chi connectivity index (χ1n) is 3.16. The van der Waals surface area contributed by atoms with Crippen LogP contribution in [-0.4, -0.2) is 32.6 Å². The molecule has 0 bridgehead atoms. The van der Waals surface area contributed by atoms with Crippen molar-refractivity contribution in [2.24, 2.45) is 5.73 Å². The van der Waals surface area contributed by atoms with Crippen LogP contribution in [0.25, 0.3) is 0 Å². The standard InChI is InChI=1S/C6H9N3O2.Na.H2O/c7-5(6(10)11)1-4-2-8-3-9-4;;/h2-3,5H,1,7H2,(H,8,9)(H,10,11);;1H2/q;+1;/p-1/t5-;;/m0../s1. The molecule has 0 unspecified atom stereocenters. The van der Waals surface area contributed by atoms with E-state index in [2.05, 4.69) is 9.97 Å². The number of H-pyrrole nitrogens is 1. The quantitative estimate of drug-likeness (QED) is 0.427. The second-order valence-corrected chi connectivity index (χ2v) is 2.23. The number of carbonyl (C=O) groups is 1. The van der Waals surface area contributed by atoms with Crippen LogP contribution >= 0.6 is 0 Å². The van der Waals surface area contributed by atoms with Gasteiger partial charge in [-0.05, 0) is 0 Å². The van der Waals surface area contributed by atoms with Crippen molar-refractivity contribution in [3.8, 4) is 0 Å². The number of nitrogens with zero attached hydrogens (tertiary/aromatic N) is 1. The Hall–Kier alpha value is -0.400. The van der Waals surface area contributed by atoms with E-state index in [1.54, 1.807) is 6.20 Å². The van der Waals surface area contributed by atoms with E-state index in [1.165, 1.54) is 6.33 Å². The SMILES string of the molecule is N[C@@H](Cc1cnc[nH]1)C(=O)O.[Na+].[OH-]. The molecule has 13 heavy (non-hydrogen) atoms. The van der Waals surface area contributed by atoms with Gasteiger partial charge in [0.25, 0.3) is 0 Å². The molecule has 0 aliphatic carbocycles. The zero-order valence-electron chi connectivity index (χ0n) is 7.27. The molecule has 1 atom stereocenters. The third-order valence-corrected chi connectivity index (χ3v) is 1.31. The van der Waals surface area contributed by atoms with E-state index >= 15 is 0 Å². The van der Waals surface area contributed by atoms with Crippen LogP contribution in [-0.2, 0) is 11.2 Å². The summed E-state index contributed by atoms with van der Waals surface area (Å²) in [6.45, 7) is 0. The summed E-state index contributed by atoms with van der Waals surface area (Å²) in [5.74, 6) is -1.00. The van der Waals surface area contributed by atoms with Crippen molar-refractivity contribution in [1.82, 2.24) is 9.97 Å². The van der Waals surface area contributed by atoms with Crippen LogP contribution in [0, 0.1) is 0 Å². The zero-order chi connectivity index (χ0) is 8.27. The van der Waals surface area contributed by atoms with Gasteiger partial charge in [-0.1, -0.05) is 0 Å². The minimum absolute atomic E-state index is 0. The molecule has 6 nitrogen and oxygen atoms in total. The number of carboxylic acid groups (broad SMARTS) is 1. The predicted molar refractivity (Wildman–Crippen MR) is 39.8 cm³/mol. The number of aromatic nitrogens is 2. The van der Waals surface area contributed by atoms with Gasteiger partial charge < -0.3 is 21.3 Å². The molecule has 1 aromatic rings. The average Bonchev–Trinajstić information content (AvgIpc) is 2.39. The van der Waals surface area contributed by atoms with Crippen LogP contribution in [0.15, 0.2) is 12.5 Å². The fourth-order valence-electron chi connectivity index (χ4n) is 0.721. The minimum Gasteiger partial charge on any atom is -0.870 e. The monoisotopic (exact) mass is 195 g/mol. The summed E-state index contributed by atoms with van der Waals surface area (Å²) in [4.78, 5) is 16.8. The van der Waals surface area contributed by atoms with Crippen LogP contribution in [0.5, 0.6) is 0 Å².